The van der Waals surface area contributed by atoms with Crippen LogP contribution in [-0.4, -0.2) is 38.3 Å². The first-order valence-corrected chi connectivity index (χ1v) is 12.8. The lowest BCUT2D eigenvalue weighted by molar-refractivity contribution is -0.123. The van der Waals surface area contributed by atoms with Gasteiger partial charge in [0.2, 0.25) is 5.91 Å². The highest BCUT2D eigenvalue weighted by Crippen LogP contribution is 2.39. The lowest BCUT2D eigenvalue weighted by atomic mass is 9.82. The summed E-state index contributed by atoms with van der Waals surface area (Å²) in [4.78, 5) is 32.8. The molecule has 1 N–H and O–H groups in total. The average molecular weight is 481 g/mol. The van der Waals surface area contributed by atoms with Crippen LogP contribution < -0.4 is 4.90 Å². The lowest BCUT2D eigenvalue weighted by Crippen LogP contribution is -2.39. The highest BCUT2D eigenvalue weighted by Gasteiger charge is 2.32. The topological polar surface area (TPSA) is 88.3 Å². The van der Waals surface area contributed by atoms with Crippen molar-refractivity contribution in [1.29, 1.82) is 0 Å². The van der Waals surface area contributed by atoms with Crippen LogP contribution in [0.25, 0.3) is 10.4 Å². The van der Waals surface area contributed by atoms with Crippen LogP contribution in [0.1, 0.15) is 68.1 Å². The van der Waals surface area contributed by atoms with Crippen molar-refractivity contribution < 1.29 is 14.7 Å². The van der Waals surface area contributed by atoms with Gasteiger partial charge in [0.15, 0.2) is 0 Å². The number of carbonyl (C=O) groups is 2. The van der Waals surface area contributed by atoms with E-state index in [2.05, 4.69) is 23.9 Å². The molecule has 0 radical (unpaired) electrons. The zero-order valence-electron chi connectivity index (χ0n) is 19.8. The molecule has 2 heterocycles. The van der Waals surface area contributed by atoms with Gasteiger partial charge < -0.3 is 10.0 Å². The Bertz CT molecular complexity index is 1090. The summed E-state index contributed by atoms with van der Waals surface area (Å²) in [5.74, 6) is -0.347. The highest BCUT2D eigenvalue weighted by molar-refractivity contribution is 7.18. The zero-order chi connectivity index (χ0) is 24.1. The quantitative estimate of drug-likeness (QED) is 0.412. The second-order valence-electron chi connectivity index (χ2n) is 9.31. The van der Waals surface area contributed by atoms with Gasteiger partial charge in [0, 0.05) is 17.3 Å². The molecular formula is C26H32N4O3S. The predicted octanol–water partition coefficient (Wildman–Crippen LogP) is 5.91. The molecule has 1 saturated carbocycles. The fraction of sp³-hybridized carbons (Fsp3) is 0.462. The minimum Gasteiger partial charge on any atom is -0.477 e. The summed E-state index contributed by atoms with van der Waals surface area (Å²) >= 11 is 1.24. The van der Waals surface area contributed by atoms with Crippen molar-refractivity contribution in [2.24, 2.45) is 11.8 Å². The number of nitrogens with zero attached hydrogens (tertiary/aromatic N) is 4. The van der Waals surface area contributed by atoms with Crippen molar-refractivity contribution in [3.05, 3.63) is 53.9 Å². The number of hydrogen-bond donors (Lipinski definition) is 1. The highest BCUT2D eigenvalue weighted by atomic mass is 32.1. The van der Waals surface area contributed by atoms with Crippen LogP contribution in [0.2, 0.25) is 0 Å². The van der Waals surface area contributed by atoms with Crippen LogP contribution in [0.3, 0.4) is 0 Å². The first-order chi connectivity index (χ1) is 16.4. The Morgan fingerprint density at radius 3 is 2.59 bits per heavy atom. The SMILES string of the molecule is CC1CCC(C(=O)N(CCCC(C)n2cncn2)c2cc(-c3ccccc3)sc2C(=O)O)CC1. The molecule has 1 aliphatic rings. The largest absolute Gasteiger partial charge is 0.477 e. The van der Waals surface area contributed by atoms with Crippen molar-refractivity contribution in [2.75, 3.05) is 11.4 Å². The van der Waals surface area contributed by atoms with Crippen molar-refractivity contribution in [3.8, 4) is 10.4 Å². The third kappa shape index (κ3) is 5.55. The molecule has 0 spiro atoms. The van der Waals surface area contributed by atoms with E-state index in [-0.39, 0.29) is 22.7 Å². The van der Waals surface area contributed by atoms with Crippen LogP contribution >= 0.6 is 11.3 Å². The minimum absolute atomic E-state index is 0.0503. The molecule has 2 aromatic heterocycles. The molecule has 3 aromatic rings. The smallest absolute Gasteiger partial charge is 0.348 e. The van der Waals surface area contributed by atoms with E-state index in [9.17, 15) is 14.7 Å². The zero-order valence-corrected chi connectivity index (χ0v) is 20.6. The molecule has 0 saturated heterocycles. The molecule has 1 fully saturated rings. The van der Waals surface area contributed by atoms with E-state index >= 15 is 0 Å². The molecule has 7 nitrogen and oxygen atoms in total. The second-order valence-corrected chi connectivity index (χ2v) is 10.4. The van der Waals surface area contributed by atoms with Crippen LogP contribution in [0, 0.1) is 11.8 Å². The molecule has 1 aromatic carbocycles. The van der Waals surface area contributed by atoms with Crippen molar-refractivity contribution in [1.82, 2.24) is 14.8 Å². The minimum atomic E-state index is -0.992. The molecule has 1 atom stereocenters. The van der Waals surface area contributed by atoms with Gasteiger partial charge in [0.05, 0.1) is 11.7 Å². The lowest BCUT2D eigenvalue weighted by Gasteiger charge is -2.31. The Labute approximate surface area is 204 Å². The van der Waals surface area contributed by atoms with Crippen molar-refractivity contribution in [2.45, 2.75) is 58.4 Å². The molecular weight excluding hydrogens is 448 g/mol. The van der Waals surface area contributed by atoms with E-state index in [1.165, 1.54) is 17.7 Å². The molecule has 1 aliphatic carbocycles. The number of thiophene rings is 1. The fourth-order valence-electron chi connectivity index (χ4n) is 4.68. The number of carbonyl (C=O) groups excluding carboxylic acids is 1. The Morgan fingerprint density at radius 1 is 1.21 bits per heavy atom. The number of anilines is 1. The maximum Gasteiger partial charge on any atom is 0.348 e. The number of aromatic nitrogens is 3. The van der Waals surface area contributed by atoms with Gasteiger partial charge in [-0.3, -0.25) is 9.48 Å². The number of carboxylic acids is 1. The average Bonchev–Trinajstić information content (AvgIpc) is 3.53. The molecule has 1 amide bonds. The summed E-state index contributed by atoms with van der Waals surface area (Å²) in [5, 5.41) is 14.2. The monoisotopic (exact) mass is 480 g/mol. The molecule has 1 unspecified atom stereocenters. The number of amides is 1. The van der Waals surface area contributed by atoms with Gasteiger partial charge in [-0.15, -0.1) is 11.3 Å². The first kappa shape index (κ1) is 24.1. The Morgan fingerprint density at radius 2 is 1.94 bits per heavy atom. The Balaban J connectivity index is 1.60. The number of aromatic carboxylic acids is 1. The number of carboxylic acid groups (broad SMARTS) is 1. The van der Waals surface area contributed by atoms with Gasteiger partial charge in [-0.2, -0.15) is 5.10 Å². The summed E-state index contributed by atoms with van der Waals surface area (Å²) in [5.41, 5.74) is 1.48. The summed E-state index contributed by atoms with van der Waals surface area (Å²) in [6.45, 7) is 4.79. The van der Waals surface area contributed by atoms with Crippen molar-refractivity contribution in [3.63, 3.8) is 0 Å². The first-order valence-electron chi connectivity index (χ1n) is 12.0. The van der Waals surface area contributed by atoms with Crippen LogP contribution in [0.4, 0.5) is 5.69 Å². The van der Waals surface area contributed by atoms with Crippen LogP contribution in [0.5, 0.6) is 0 Å². The van der Waals surface area contributed by atoms with Crippen LogP contribution in [-0.2, 0) is 4.79 Å². The maximum absolute atomic E-state index is 13.7. The normalized spacial score (nSPS) is 19.0. The summed E-state index contributed by atoms with van der Waals surface area (Å²) < 4.78 is 1.81. The molecule has 0 aliphatic heterocycles. The predicted molar refractivity (Wildman–Crippen MR) is 134 cm³/mol. The Hall–Kier alpha value is -3.00. The van der Waals surface area contributed by atoms with E-state index in [0.717, 1.165) is 49.0 Å². The second kappa shape index (κ2) is 11.0. The number of rotatable bonds is 9. The number of benzene rings is 1. The summed E-state index contributed by atoms with van der Waals surface area (Å²) in [6, 6.07) is 11.8. The summed E-state index contributed by atoms with van der Waals surface area (Å²) in [7, 11) is 0. The molecule has 8 heteroatoms. The third-order valence-electron chi connectivity index (χ3n) is 6.78. The van der Waals surface area contributed by atoms with Gasteiger partial charge in [0.1, 0.15) is 17.5 Å². The van der Waals surface area contributed by atoms with Crippen LogP contribution in [0.15, 0.2) is 49.1 Å². The third-order valence-corrected chi connectivity index (χ3v) is 7.94. The van der Waals surface area contributed by atoms with Gasteiger partial charge >= 0.3 is 5.97 Å². The number of hydrogen-bond acceptors (Lipinski definition) is 5. The van der Waals surface area contributed by atoms with Gasteiger partial charge in [0.25, 0.3) is 0 Å². The summed E-state index contributed by atoms with van der Waals surface area (Å²) in [6.07, 6.45) is 8.58. The van der Waals surface area contributed by atoms with Gasteiger partial charge in [-0.1, -0.05) is 37.3 Å². The standard InChI is InChI=1S/C26H32N4O3S/c1-18-10-12-21(13-11-18)25(31)29(14-6-7-19(2)30-17-27-16-28-30)22-15-23(34-24(22)26(32)33)20-8-4-3-5-9-20/h3-5,8-9,15-19,21H,6-7,10-14H2,1-2H3,(H,32,33). The molecule has 0 bridgehead atoms. The van der Waals surface area contributed by atoms with Gasteiger partial charge in [-0.05, 0) is 63.0 Å². The van der Waals surface area contributed by atoms with E-state index in [1.54, 1.807) is 11.2 Å². The molecule has 180 valence electrons. The molecule has 34 heavy (non-hydrogen) atoms. The van der Waals surface area contributed by atoms with Crippen molar-refractivity contribution >= 4 is 28.9 Å². The van der Waals surface area contributed by atoms with Gasteiger partial charge in [-0.25, -0.2) is 9.78 Å². The van der Waals surface area contributed by atoms with E-state index < -0.39 is 5.97 Å². The molecule has 4 rings (SSSR count). The Kier molecular flexibility index (Phi) is 7.77. The fourth-order valence-corrected chi connectivity index (χ4v) is 5.68. The van der Waals surface area contributed by atoms with E-state index in [0.29, 0.717) is 18.2 Å². The van der Waals surface area contributed by atoms with E-state index in [4.69, 9.17) is 0 Å². The maximum atomic E-state index is 13.7. The van der Waals surface area contributed by atoms with E-state index in [1.807, 2.05) is 41.1 Å².